The number of carbonyl (C=O) groups is 1. The molecule has 166 valence electrons. The Hall–Kier alpha value is -2.19. The number of benzene rings is 2. The summed E-state index contributed by atoms with van der Waals surface area (Å²) in [6, 6.07) is 12.8. The van der Waals surface area contributed by atoms with Crippen LogP contribution in [0.1, 0.15) is 85.4 Å². The van der Waals surface area contributed by atoms with Crippen molar-refractivity contribution >= 4 is 13.6 Å². The van der Waals surface area contributed by atoms with Crippen molar-refractivity contribution in [3.8, 4) is 11.1 Å². The minimum absolute atomic E-state index is 0.0645. The van der Waals surface area contributed by atoms with Crippen LogP contribution in [0.15, 0.2) is 42.5 Å². The molecule has 1 N–H and O–H groups in total. The van der Waals surface area contributed by atoms with Gasteiger partial charge >= 0.3 is 13.6 Å². The lowest BCUT2D eigenvalue weighted by Gasteiger charge is -2.29. The molecular formula is C26H33O4P. The first-order valence-corrected chi connectivity index (χ1v) is 12.7. The van der Waals surface area contributed by atoms with E-state index in [0.717, 1.165) is 30.4 Å². The van der Waals surface area contributed by atoms with Crippen LogP contribution in [-0.2, 0) is 9.13 Å². The molecule has 4 nitrogen and oxygen atoms in total. The molecule has 5 heteroatoms. The lowest BCUT2D eigenvalue weighted by Crippen LogP contribution is -2.17. The van der Waals surface area contributed by atoms with Crippen molar-refractivity contribution in [3.63, 3.8) is 0 Å². The van der Waals surface area contributed by atoms with Gasteiger partial charge in [-0.15, -0.1) is 0 Å². The van der Waals surface area contributed by atoms with E-state index in [1.54, 1.807) is 12.1 Å². The van der Waals surface area contributed by atoms with Crippen molar-refractivity contribution in [2.75, 3.05) is 0 Å². The van der Waals surface area contributed by atoms with E-state index in [4.69, 9.17) is 0 Å². The van der Waals surface area contributed by atoms with E-state index in [0.29, 0.717) is 17.0 Å². The zero-order valence-electron chi connectivity index (χ0n) is 18.5. The fourth-order valence-electron chi connectivity index (χ4n) is 5.22. The van der Waals surface area contributed by atoms with Crippen molar-refractivity contribution in [3.05, 3.63) is 59.2 Å². The quantitative estimate of drug-likeness (QED) is 0.401. The fraction of sp³-hybridized carbons (Fsp3) is 0.500. The molecule has 2 aromatic carbocycles. The third kappa shape index (κ3) is 5.74. The third-order valence-corrected chi connectivity index (χ3v) is 7.92. The van der Waals surface area contributed by atoms with Crippen molar-refractivity contribution in [1.82, 2.24) is 0 Å². The highest BCUT2D eigenvalue weighted by Gasteiger charge is 2.31. The third-order valence-electron chi connectivity index (χ3n) is 6.74. The number of aryl methyl sites for hydroxylation is 1. The molecule has 2 atom stereocenters. The van der Waals surface area contributed by atoms with Crippen molar-refractivity contribution in [1.29, 1.82) is 0 Å². The van der Waals surface area contributed by atoms with Crippen LogP contribution in [0.25, 0.3) is 11.1 Å². The van der Waals surface area contributed by atoms with Crippen molar-refractivity contribution in [2.24, 2.45) is 11.8 Å². The maximum Gasteiger partial charge on any atom is 0.336 e. The highest BCUT2D eigenvalue weighted by Crippen LogP contribution is 2.46. The molecule has 0 bridgehead atoms. The summed E-state index contributed by atoms with van der Waals surface area (Å²) in [5, 5.41) is 9.75. The molecule has 0 saturated heterocycles. The summed E-state index contributed by atoms with van der Waals surface area (Å²) in [5.41, 5.74) is 2.74. The Morgan fingerprint density at radius 3 is 2.39 bits per heavy atom. The molecule has 1 aliphatic carbocycles. The maximum absolute atomic E-state index is 12.5. The normalized spacial score (nSPS) is 16.6. The van der Waals surface area contributed by atoms with Gasteiger partial charge < -0.3 is 5.11 Å². The van der Waals surface area contributed by atoms with Crippen molar-refractivity contribution in [2.45, 2.75) is 70.9 Å². The van der Waals surface area contributed by atoms with Gasteiger partial charge in [-0.2, -0.15) is 0 Å². The van der Waals surface area contributed by atoms with Crippen LogP contribution in [0.4, 0.5) is 0 Å². The SMILES string of the molecule is CCCC(CC1CCCCC1)C(c1ccc(C(=O)O)c(-c2ccccc2C)c1)P(=O)=O. The first-order valence-electron chi connectivity index (χ1n) is 11.5. The molecule has 0 radical (unpaired) electrons. The number of hydrogen-bond donors (Lipinski definition) is 1. The van der Waals surface area contributed by atoms with E-state index in [2.05, 4.69) is 6.92 Å². The van der Waals surface area contributed by atoms with Crippen molar-refractivity contribution < 1.29 is 19.0 Å². The van der Waals surface area contributed by atoms with Crippen LogP contribution in [0.5, 0.6) is 0 Å². The van der Waals surface area contributed by atoms with E-state index in [1.807, 2.05) is 37.3 Å². The van der Waals surface area contributed by atoms with Gasteiger partial charge in [-0.3, -0.25) is 0 Å². The Balaban J connectivity index is 2.04. The molecule has 2 aromatic rings. The second kappa shape index (κ2) is 10.9. The highest BCUT2D eigenvalue weighted by molar-refractivity contribution is 7.31. The number of aromatic carboxylic acids is 1. The number of hydrogen-bond acceptors (Lipinski definition) is 3. The number of carboxylic acid groups (broad SMARTS) is 1. The van der Waals surface area contributed by atoms with Gasteiger partial charge in [-0.1, -0.05) is 75.8 Å². The summed E-state index contributed by atoms with van der Waals surface area (Å²) in [5.74, 6) is -0.341. The first kappa shape index (κ1) is 23.5. The van der Waals surface area contributed by atoms with Crippen LogP contribution >= 0.6 is 7.68 Å². The number of carboxylic acids is 1. The molecule has 1 saturated carbocycles. The Bertz CT molecular complexity index is 965. The van der Waals surface area contributed by atoms with E-state index in [1.165, 1.54) is 32.1 Å². The Kier molecular flexibility index (Phi) is 8.26. The van der Waals surface area contributed by atoms with Gasteiger partial charge in [0.25, 0.3) is 0 Å². The Morgan fingerprint density at radius 2 is 1.77 bits per heavy atom. The minimum atomic E-state index is -2.68. The topological polar surface area (TPSA) is 71.4 Å². The first-order chi connectivity index (χ1) is 14.9. The summed E-state index contributed by atoms with van der Waals surface area (Å²) in [4.78, 5) is 11.9. The zero-order valence-corrected chi connectivity index (χ0v) is 19.4. The molecule has 0 amide bonds. The van der Waals surface area contributed by atoms with E-state index in [-0.39, 0.29) is 11.5 Å². The number of rotatable bonds is 9. The monoisotopic (exact) mass is 440 g/mol. The second-order valence-corrected chi connectivity index (χ2v) is 10.1. The second-order valence-electron chi connectivity index (χ2n) is 8.94. The van der Waals surface area contributed by atoms with Gasteiger partial charge in [-0.25, -0.2) is 13.9 Å². The lowest BCUT2D eigenvalue weighted by atomic mass is 9.79. The van der Waals surface area contributed by atoms with Gasteiger partial charge in [-0.05, 0) is 66.0 Å². The Labute approximate surface area is 185 Å². The molecule has 0 aliphatic heterocycles. The Morgan fingerprint density at radius 1 is 1.06 bits per heavy atom. The van der Waals surface area contributed by atoms with Crippen LogP contribution < -0.4 is 0 Å². The predicted octanol–water partition coefficient (Wildman–Crippen LogP) is 7.96. The van der Waals surface area contributed by atoms with Gasteiger partial charge in [0.05, 0.1) is 11.2 Å². The maximum atomic E-state index is 12.5. The summed E-state index contributed by atoms with van der Waals surface area (Å²) in [6.07, 6.45) is 8.88. The summed E-state index contributed by atoms with van der Waals surface area (Å²) in [6.45, 7) is 4.05. The van der Waals surface area contributed by atoms with Gasteiger partial charge in [0.2, 0.25) is 0 Å². The van der Waals surface area contributed by atoms with Gasteiger partial charge in [0, 0.05) is 0 Å². The molecule has 0 aromatic heterocycles. The lowest BCUT2D eigenvalue weighted by molar-refractivity contribution is 0.0697. The average Bonchev–Trinajstić information content (AvgIpc) is 2.74. The minimum Gasteiger partial charge on any atom is -0.478 e. The molecule has 1 fully saturated rings. The molecule has 31 heavy (non-hydrogen) atoms. The predicted molar refractivity (Wildman–Crippen MR) is 124 cm³/mol. The van der Waals surface area contributed by atoms with Crippen LogP contribution in [-0.4, -0.2) is 11.1 Å². The van der Waals surface area contributed by atoms with E-state index >= 15 is 0 Å². The molecule has 0 spiro atoms. The zero-order chi connectivity index (χ0) is 22.4. The average molecular weight is 441 g/mol. The van der Waals surface area contributed by atoms with Crippen LogP contribution in [0, 0.1) is 18.8 Å². The molecule has 2 unspecified atom stereocenters. The summed E-state index contributed by atoms with van der Waals surface area (Å²) < 4.78 is 25.0. The van der Waals surface area contributed by atoms with E-state index < -0.39 is 19.3 Å². The summed E-state index contributed by atoms with van der Waals surface area (Å²) in [7, 11) is -2.68. The largest absolute Gasteiger partial charge is 0.478 e. The smallest absolute Gasteiger partial charge is 0.336 e. The van der Waals surface area contributed by atoms with Gasteiger partial charge in [0.1, 0.15) is 0 Å². The highest BCUT2D eigenvalue weighted by atomic mass is 31.1. The van der Waals surface area contributed by atoms with Gasteiger partial charge in [0.15, 0.2) is 0 Å². The molecular weight excluding hydrogens is 407 g/mol. The fourth-order valence-corrected chi connectivity index (χ4v) is 6.24. The van der Waals surface area contributed by atoms with Crippen LogP contribution in [0.2, 0.25) is 0 Å². The molecule has 3 rings (SSSR count). The van der Waals surface area contributed by atoms with Crippen LogP contribution in [0.3, 0.4) is 0 Å². The molecule has 0 heterocycles. The van der Waals surface area contributed by atoms with E-state index in [9.17, 15) is 19.0 Å². The summed E-state index contributed by atoms with van der Waals surface area (Å²) >= 11 is 0. The molecule has 1 aliphatic rings. The standard InChI is InChI=1S/C26H33O4P/c1-3-9-20(16-19-11-5-4-6-12-19)25(31(29)30)21-14-15-23(26(27)28)24(17-21)22-13-8-7-10-18(22)2/h7-8,10,13-15,17,19-20,25H,3-6,9,11-12,16H2,1-2H3,(H,27,28).